The molecule has 0 aliphatic rings. The fourth-order valence-corrected chi connectivity index (χ4v) is 2.46. The number of esters is 1. The molecule has 0 aliphatic carbocycles. The minimum Gasteiger partial charge on any atom is -0.467 e. The molecule has 0 aliphatic heterocycles. The van der Waals surface area contributed by atoms with Gasteiger partial charge in [-0.1, -0.05) is 34.1 Å². The number of rotatable bonds is 6. The largest absolute Gasteiger partial charge is 0.467 e. The first-order chi connectivity index (χ1) is 11.9. The quantitative estimate of drug-likeness (QED) is 0.451. The molecule has 1 atom stereocenters. The average molecular weight is 407 g/mol. The van der Waals surface area contributed by atoms with E-state index in [1.165, 1.54) is 25.3 Å². The van der Waals surface area contributed by atoms with Crippen LogP contribution in [0.5, 0.6) is 0 Å². The number of nitro groups is 1. The maximum atomic E-state index is 12.3. The van der Waals surface area contributed by atoms with Crippen molar-refractivity contribution in [2.75, 3.05) is 7.11 Å². The molecule has 2 aromatic rings. The average Bonchev–Trinajstić information content (AvgIpc) is 2.62. The molecule has 1 amide bonds. The highest BCUT2D eigenvalue weighted by Gasteiger charge is 2.23. The molecule has 0 aromatic heterocycles. The number of carbonyl (C=O) groups is 2. The molecule has 2 rings (SSSR count). The Morgan fingerprint density at radius 3 is 2.52 bits per heavy atom. The van der Waals surface area contributed by atoms with Crippen molar-refractivity contribution in [2.45, 2.75) is 12.5 Å². The van der Waals surface area contributed by atoms with Crippen LogP contribution in [0.25, 0.3) is 0 Å². The second-order valence-corrected chi connectivity index (χ2v) is 6.10. The molecule has 2 aromatic carbocycles. The van der Waals surface area contributed by atoms with Crippen LogP contribution in [0.3, 0.4) is 0 Å². The SMILES string of the molecule is COC(=O)[C@H](Cc1ccc(Br)cc1)NC(=O)c1cccc([N+](=O)[O-])c1. The van der Waals surface area contributed by atoms with Gasteiger partial charge in [0.25, 0.3) is 11.6 Å². The molecule has 0 fully saturated rings. The predicted octanol–water partition coefficient (Wildman–Crippen LogP) is 2.87. The number of benzene rings is 2. The summed E-state index contributed by atoms with van der Waals surface area (Å²) in [6, 6.07) is 11.7. The number of nitrogens with zero attached hydrogens (tertiary/aromatic N) is 1. The van der Waals surface area contributed by atoms with Gasteiger partial charge in [-0.25, -0.2) is 4.79 Å². The molecule has 7 nitrogen and oxygen atoms in total. The fraction of sp³-hybridized carbons (Fsp3) is 0.176. The maximum Gasteiger partial charge on any atom is 0.328 e. The van der Waals surface area contributed by atoms with Crippen molar-refractivity contribution in [3.05, 3.63) is 74.2 Å². The van der Waals surface area contributed by atoms with Crippen LogP contribution in [0.1, 0.15) is 15.9 Å². The molecule has 0 spiro atoms. The van der Waals surface area contributed by atoms with Crippen LogP contribution in [-0.2, 0) is 16.0 Å². The molecular formula is C17H15BrN2O5. The van der Waals surface area contributed by atoms with Gasteiger partial charge < -0.3 is 10.1 Å². The van der Waals surface area contributed by atoms with E-state index in [9.17, 15) is 19.7 Å². The van der Waals surface area contributed by atoms with E-state index < -0.39 is 22.8 Å². The van der Waals surface area contributed by atoms with Crippen molar-refractivity contribution in [1.29, 1.82) is 0 Å². The highest BCUT2D eigenvalue weighted by molar-refractivity contribution is 9.10. The first kappa shape index (κ1) is 18.6. The van der Waals surface area contributed by atoms with Crippen LogP contribution >= 0.6 is 15.9 Å². The zero-order valence-electron chi connectivity index (χ0n) is 13.3. The predicted molar refractivity (Wildman–Crippen MR) is 94.2 cm³/mol. The van der Waals surface area contributed by atoms with E-state index in [-0.39, 0.29) is 17.7 Å². The number of amides is 1. The van der Waals surface area contributed by atoms with Crippen molar-refractivity contribution in [2.24, 2.45) is 0 Å². The summed E-state index contributed by atoms with van der Waals surface area (Å²) in [4.78, 5) is 34.5. The summed E-state index contributed by atoms with van der Waals surface area (Å²) < 4.78 is 5.63. The van der Waals surface area contributed by atoms with Gasteiger partial charge in [-0.15, -0.1) is 0 Å². The Hall–Kier alpha value is -2.74. The van der Waals surface area contributed by atoms with Gasteiger partial charge in [0, 0.05) is 28.6 Å². The summed E-state index contributed by atoms with van der Waals surface area (Å²) in [5.74, 6) is -1.18. The van der Waals surface area contributed by atoms with Crippen molar-refractivity contribution in [1.82, 2.24) is 5.32 Å². The summed E-state index contributed by atoms with van der Waals surface area (Å²) in [5, 5.41) is 13.4. The van der Waals surface area contributed by atoms with Gasteiger partial charge >= 0.3 is 5.97 Å². The molecule has 0 unspecified atom stereocenters. The fourth-order valence-electron chi connectivity index (χ4n) is 2.19. The van der Waals surface area contributed by atoms with Gasteiger partial charge in [0.05, 0.1) is 12.0 Å². The standard InChI is InChI=1S/C17H15BrN2O5/c1-25-17(22)15(9-11-5-7-13(18)8-6-11)19-16(21)12-3-2-4-14(10-12)20(23)24/h2-8,10,15H,9H2,1H3,(H,19,21)/t15-/m0/s1. The van der Waals surface area contributed by atoms with Crippen LogP contribution in [0.2, 0.25) is 0 Å². The molecule has 0 saturated carbocycles. The smallest absolute Gasteiger partial charge is 0.328 e. The number of halogens is 1. The zero-order valence-corrected chi connectivity index (χ0v) is 14.9. The first-order valence-electron chi connectivity index (χ1n) is 7.28. The third-order valence-corrected chi connectivity index (χ3v) is 3.99. The van der Waals surface area contributed by atoms with Gasteiger partial charge in [-0.3, -0.25) is 14.9 Å². The third kappa shape index (κ3) is 5.12. The Balaban J connectivity index is 2.17. The lowest BCUT2D eigenvalue weighted by Gasteiger charge is -2.16. The number of methoxy groups -OCH3 is 1. The number of hydrogen-bond acceptors (Lipinski definition) is 5. The van der Waals surface area contributed by atoms with Crippen LogP contribution in [0.15, 0.2) is 53.0 Å². The zero-order chi connectivity index (χ0) is 18.4. The molecule has 8 heteroatoms. The van der Waals surface area contributed by atoms with Crippen molar-refractivity contribution < 1.29 is 19.2 Å². The maximum absolute atomic E-state index is 12.3. The molecule has 0 bridgehead atoms. The van der Waals surface area contributed by atoms with E-state index in [0.29, 0.717) is 0 Å². The van der Waals surface area contributed by atoms with Crippen LogP contribution < -0.4 is 5.32 Å². The number of hydrogen-bond donors (Lipinski definition) is 1. The Morgan fingerprint density at radius 2 is 1.92 bits per heavy atom. The Labute approximate surface area is 152 Å². The summed E-state index contributed by atoms with van der Waals surface area (Å²) in [7, 11) is 1.23. The summed E-state index contributed by atoms with van der Waals surface area (Å²) >= 11 is 3.33. The van der Waals surface area contributed by atoms with E-state index in [0.717, 1.165) is 16.1 Å². The van der Waals surface area contributed by atoms with Gasteiger partial charge in [0.1, 0.15) is 6.04 Å². The van der Waals surface area contributed by atoms with Crippen molar-refractivity contribution >= 4 is 33.5 Å². The second kappa shape index (κ2) is 8.39. The molecule has 0 heterocycles. The summed E-state index contributed by atoms with van der Waals surface area (Å²) in [6.07, 6.45) is 0.237. The lowest BCUT2D eigenvalue weighted by molar-refractivity contribution is -0.384. The number of ether oxygens (including phenoxy) is 1. The van der Waals surface area contributed by atoms with Crippen LogP contribution in [0, 0.1) is 10.1 Å². The van der Waals surface area contributed by atoms with Crippen molar-refractivity contribution in [3.63, 3.8) is 0 Å². The third-order valence-electron chi connectivity index (χ3n) is 3.46. The highest BCUT2D eigenvalue weighted by atomic mass is 79.9. The Bertz CT molecular complexity index is 792. The minimum atomic E-state index is -0.905. The molecule has 0 radical (unpaired) electrons. The van der Waals surface area contributed by atoms with Crippen molar-refractivity contribution in [3.8, 4) is 0 Å². The molecule has 25 heavy (non-hydrogen) atoms. The van der Waals surface area contributed by atoms with Crippen LogP contribution in [-0.4, -0.2) is 30.0 Å². The van der Waals surface area contributed by atoms with E-state index in [2.05, 4.69) is 21.2 Å². The number of nitrogens with one attached hydrogen (secondary N) is 1. The van der Waals surface area contributed by atoms with E-state index >= 15 is 0 Å². The molecule has 0 saturated heterocycles. The number of nitro benzene ring substituents is 1. The van der Waals surface area contributed by atoms with E-state index in [1.807, 2.05) is 24.3 Å². The van der Waals surface area contributed by atoms with Gasteiger partial charge in [-0.2, -0.15) is 0 Å². The molecular weight excluding hydrogens is 392 g/mol. The normalized spacial score (nSPS) is 11.4. The lowest BCUT2D eigenvalue weighted by Crippen LogP contribution is -2.43. The monoisotopic (exact) mass is 406 g/mol. The second-order valence-electron chi connectivity index (χ2n) is 5.19. The van der Waals surface area contributed by atoms with Gasteiger partial charge in [0.2, 0.25) is 0 Å². The summed E-state index contributed by atoms with van der Waals surface area (Å²) in [5.41, 5.74) is 0.729. The molecule has 130 valence electrons. The molecule has 1 N–H and O–H groups in total. The van der Waals surface area contributed by atoms with Crippen LogP contribution in [0.4, 0.5) is 5.69 Å². The highest BCUT2D eigenvalue weighted by Crippen LogP contribution is 2.15. The first-order valence-corrected chi connectivity index (χ1v) is 8.07. The number of carbonyl (C=O) groups excluding carboxylic acids is 2. The minimum absolute atomic E-state index is 0.0962. The summed E-state index contributed by atoms with van der Waals surface area (Å²) in [6.45, 7) is 0. The van der Waals surface area contributed by atoms with E-state index in [4.69, 9.17) is 4.74 Å². The topological polar surface area (TPSA) is 98.5 Å². The Kier molecular flexibility index (Phi) is 6.24. The van der Waals surface area contributed by atoms with E-state index in [1.54, 1.807) is 0 Å². The Morgan fingerprint density at radius 1 is 1.24 bits per heavy atom. The lowest BCUT2D eigenvalue weighted by atomic mass is 10.1. The van der Waals surface area contributed by atoms with Gasteiger partial charge in [0.15, 0.2) is 0 Å². The number of non-ortho nitro benzene ring substituents is 1. The van der Waals surface area contributed by atoms with Gasteiger partial charge in [-0.05, 0) is 23.8 Å².